The molecule has 0 saturated carbocycles. The third-order valence-electron chi connectivity index (χ3n) is 2.83. The first-order valence-electron chi connectivity index (χ1n) is 5.71. The van der Waals surface area contributed by atoms with Gasteiger partial charge in [-0.1, -0.05) is 18.6 Å². The zero-order valence-corrected chi connectivity index (χ0v) is 10.4. The molecule has 0 amide bonds. The van der Waals surface area contributed by atoms with Crippen molar-refractivity contribution in [3.8, 4) is 0 Å². The van der Waals surface area contributed by atoms with E-state index in [4.69, 9.17) is 0 Å². The number of para-hydroxylation sites is 1. The maximum Gasteiger partial charge on any atom is 0.0651 e. The standard InChI is InChI=1S/C12H18N2OS/c1-16(15)12-8-4-3-7-11(12)13-14-9-5-2-6-10-14/h3-4,7-8,13H,2,5-6,9-10H2,1H3. The fraction of sp³-hybridized carbons (Fsp3) is 0.500. The van der Waals surface area contributed by atoms with Crippen molar-refractivity contribution in [2.45, 2.75) is 24.2 Å². The van der Waals surface area contributed by atoms with Crippen molar-refractivity contribution < 1.29 is 4.21 Å². The first kappa shape index (κ1) is 11.6. The van der Waals surface area contributed by atoms with Gasteiger partial charge in [0.25, 0.3) is 0 Å². The number of hydrazine groups is 1. The Morgan fingerprint density at radius 3 is 2.56 bits per heavy atom. The molecule has 1 aromatic rings. The van der Waals surface area contributed by atoms with Gasteiger partial charge in [0.2, 0.25) is 0 Å². The van der Waals surface area contributed by atoms with Gasteiger partial charge < -0.3 is 5.43 Å². The summed E-state index contributed by atoms with van der Waals surface area (Å²) in [6.45, 7) is 2.15. The molecule has 1 aromatic carbocycles. The number of benzene rings is 1. The molecule has 1 aliphatic rings. The van der Waals surface area contributed by atoms with Gasteiger partial charge in [-0.2, -0.15) is 0 Å². The highest BCUT2D eigenvalue weighted by molar-refractivity contribution is 7.84. The Hall–Kier alpha value is -0.870. The number of nitrogens with one attached hydrogen (secondary N) is 1. The number of hydrogen-bond donors (Lipinski definition) is 1. The van der Waals surface area contributed by atoms with Gasteiger partial charge in [-0.15, -0.1) is 0 Å². The molecular weight excluding hydrogens is 220 g/mol. The largest absolute Gasteiger partial charge is 0.318 e. The third-order valence-corrected chi connectivity index (χ3v) is 3.81. The molecule has 1 fully saturated rings. The van der Waals surface area contributed by atoms with Crippen LogP contribution in [0.2, 0.25) is 0 Å². The van der Waals surface area contributed by atoms with E-state index in [1.165, 1.54) is 19.3 Å². The summed E-state index contributed by atoms with van der Waals surface area (Å²) in [5.74, 6) is 0. The maximum absolute atomic E-state index is 11.6. The second-order valence-corrected chi connectivity index (χ2v) is 5.46. The van der Waals surface area contributed by atoms with E-state index in [1.807, 2.05) is 24.3 Å². The van der Waals surface area contributed by atoms with Crippen LogP contribution in [0.5, 0.6) is 0 Å². The van der Waals surface area contributed by atoms with Gasteiger partial charge in [0.1, 0.15) is 0 Å². The zero-order valence-electron chi connectivity index (χ0n) is 9.61. The summed E-state index contributed by atoms with van der Waals surface area (Å²) < 4.78 is 11.6. The molecule has 1 heterocycles. The van der Waals surface area contributed by atoms with Crippen LogP contribution in [-0.2, 0) is 10.8 Å². The lowest BCUT2D eigenvalue weighted by Gasteiger charge is -2.28. The van der Waals surface area contributed by atoms with E-state index in [1.54, 1.807) is 6.26 Å². The number of nitrogens with zero attached hydrogens (tertiary/aromatic N) is 1. The summed E-state index contributed by atoms with van der Waals surface area (Å²) in [7, 11) is -0.934. The minimum Gasteiger partial charge on any atom is -0.318 e. The first-order valence-corrected chi connectivity index (χ1v) is 7.27. The number of anilines is 1. The van der Waals surface area contributed by atoms with E-state index >= 15 is 0 Å². The first-order chi connectivity index (χ1) is 7.77. The van der Waals surface area contributed by atoms with E-state index in [2.05, 4.69) is 10.4 Å². The van der Waals surface area contributed by atoms with Gasteiger partial charge in [0.15, 0.2) is 0 Å². The third kappa shape index (κ3) is 2.83. The lowest BCUT2D eigenvalue weighted by molar-refractivity contribution is 0.272. The quantitative estimate of drug-likeness (QED) is 0.876. The van der Waals surface area contributed by atoms with Crippen LogP contribution in [-0.4, -0.2) is 28.6 Å². The molecule has 16 heavy (non-hydrogen) atoms. The summed E-state index contributed by atoms with van der Waals surface area (Å²) in [6, 6.07) is 7.81. The molecule has 1 unspecified atom stereocenters. The van der Waals surface area contributed by atoms with Crippen molar-refractivity contribution >= 4 is 16.5 Å². The highest BCUT2D eigenvalue weighted by Crippen LogP contribution is 2.20. The summed E-state index contributed by atoms with van der Waals surface area (Å²) in [4.78, 5) is 0.882. The van der Waals surface area contributed by atoms with Gasteiger partial charge in [-0.25, -0.2) is 5.01 Å². The lowest BCUT2D eigenvalue weighted by Crippen LogP contribution is -2.35. The van der Waals surface area contributed by atoms with Crippen molar-refractivity contribution in [1.29, 1.82) is 0 Å². The SMILES string of the molecule is CS(=O)c1ccccc1NN1CCCCC1. The number of piperidine rings is 1. The number of hydrogen-bond acceptors (Lipinski definition) is 3. The fourth-order valence-electron chi connectivity index (χ4n) is 1.99. The minimum atomic E-state index is -0.934. The molecule has 88 valence electrons. The number of rotatable bonds is 3. The van der Waals surface area contributed by atoms with Gasteiger partial charge >= 0.3 is 0 Å². The topological polar surface area (TPSA) is 32.3 Å². The Morgan fingerprint density at radius 2 is 1.88 bits per heavy atom. The van der Waals surface area contributed by atoms with Crippen LogP contribution in [0.25, 0.3) is 0 Å². The average Bonchev–Trinajstić information content (AvgIpc) is 2.31. The van der Waals surface area contributed by atoms with Gasteiger partial charge in [0, 0.05) is 19.3 Å². The predicted molar refractivity (Wildman–Crippen MR) is 67.8 cm³/mol. The van der Waals surface area contributed by atoms with Crippen LogP contribution in [0.15, 0.2) is 29.2 Å². The van der Waals surface area contributed by atoms with Crippen LogP contribution in [0.4, 0.5) is 5.69 Å². The van der Waals surface area contributed by atoms with Crippen molar-refractivity contribution in [2.75, 3.05) is 24.8 Å². The fourth-order valence-corrected chi connectivity index (χ4v) is 2.68. The minimum absolute atomic E-state index is 0.882. The van der Waals surface area contributed by atoms with E-state index in [0.29, 0.717) is 0 Å². The van der Waals surface area contributed by atoms with E-state index < -0.39 is 10.8 Å². The highest BCUT2D eigenvalue weighted by atomic mass is 32.2. The summed E-state index contributed by atoms with van der Waals surface area (Å²) in [6.07, 6.45) is 5.52. The Balaban J connectivity index is 2.10. The van der Waals surface area contributed by atoms with Crippen molar-refractivity contribution in [3.05, 3.63) is 24.3 Å². The Morgan fingerprint density at radius 1 is 1.19 bits per heavy atom. The Bertz CT molecular complexity index is 375. The predicted octanol–water partition coefficient (Wildman–Crippen LogP) is 2.24. The van der Waals surface area contributed by atoms with Gasteiger partial charge in [-0.3, -0.25) is 4.21 Å². The van der Waals surface area contributed by atoms with Crippen LogP contribution in [0.1, 0.15) is 19.3 Å². The molecule has 0 bridgehead atoms. The van der Waals surface area contributed by atoms with E-state index in [9.17, 15) is 4.21 Å². The monoisotopic (exact) mass is 238 g/mol. The summed E-state index contributed by atoms with van der Waals surface area (Å²) in [5, 5.41) is 2.22. The molecule has 1 aliphatic heterocycles. The molecule has 1 N–H and O–H groups in total. The normalized spacial score (nSPS) is 19.3. The lowest BCUT2D eigenvalue weighted by atomic mass is 10.2. The molecular formula is C12H18N2OS. The van der Waals surface area contributed by atoms with Crippen molar-refractivity contribution in [2.24, 2.45) is 0 Å². The highest BCUT2D eigenvalue weighted by Gasteiger charge is 2.12. The molecule has 0 aliphatic carbocycles. The zero-order chi connectivity index (χ0) is 11.4. The Kier molecular flexibility index (Phi) is 3.96. The maximum atomic E-state index is 11.6. The van der Waals surface area contributed by atoms with Crippen LogP contribution in [0.3, 0.4) is 0 Å². The van der Waals surface area contributed by atoms with Gasteiger partial charge in [0.05, 0.1) is 21.4 Å². The van der Waals surface area contributed by atoms with Gasteiger partial charge in [-0.05, 0) is 25.0 Å². The molecule has 0 aromatic heterocycles. The van der Waals surface area contributed by atoms with Crippen LogP contribution >= 0.6 is 0 Å². The smallest absolute Gasteiger partial charge is 0.0651 e. The summed E-state index contributed by atoms with van der Waals surface area (Å²) in [5.41, 5.74) is 4.35. The molecule has 1 atom stereocenters. The molecule has 1 saturated heterocycles. The van der Waals surface area contributed by atoms with Crippen LogP contribution in [0, 0.1) is 0 Å². The molecule has 2 rings (SSSR count). The van der Waals surface area contributed by atoms with E-state index in [-0.39, 0.29) is 0 Å². The Labute approximate surface area is 99.3 Å². The van der Waals surface area contributed by atoms with Crippen molar-refractivity contribution in [3.63, 3.8) is 0 Å². The molecule has 3 nitrogen and oxygen atoms in total. The summed E-state index contributed by atoms with van der Waals surface area (Å²) >= 11 is 0. The molecule has 0 radical (unpaired) electrons. The van der Waals surface area contributed by atoms with Crippen LogP contribution < -0.4 is 5.43 Å². The second kappa shape index (κ2) is 5.46. The molecule has 0 spiro atoms. The van der Waals surface area contributed by atoms with E-state index in [0.717, 1.165) is 23.7 Å². The second-order valence-electron chi connectivity index (χ2n) is 4.11. The molecule has 4 heteroatoms. The average molecular weight is 238 g/mol. The van der Waals surface area contributed by atoms with Crippen molar-refractivity contribution in [1.82, 2.24) is 5.01 Å².